The standard InChI is InChI=1S/C34H26N2/c1-23(2)36-32-20-9-7-15-29(32)34-28(18-11-21-33(34)36)26-17-10-16-25-27-14-6-8-19-31(27)35(22-30(25)26)24-12-4-3-5-13-24/h3-21H,1,22H2,2H3. The van der Waals surface area contributed by atoms with E-state index in [0.29, 0.717) is 0 Å². The third-order valence-corrected chi connectivity index (χ3v) is 7.41. The van der Waals surface area contributed by atoms with Gasteiger partial charge in [-0.25, -0.2) is 0 Å². The molecule has 0 atom stereocenters. The number of aromatic nitrogens is 1. The largest absolute Gasteiger partial charge is 0.336 e. The molecule has 1 aromatic heterocycles. The van der Waals surface area contributed by atoms with Gasteiger partial charge in [-0.3, -0.25) is 0 Å². The Kier molecular flexibility index (Phi) is 4.62. The molecular formula is C34H26N2. The molecule has 1 aliphatic rings. The molecule has 0 radical (unpaired) electrons. The quantitative estimate of drug-likeness (QED) is 0.254. The maximum absolute atomic E-state index is 4.30. The fraction of sp³-hybridized carbons (Fsp3) is 0.0588. The van der Waals surface area contributed by atoms with E-state index in [0.717, 1.165) is 12.2 Å². The molecule has 0 saturated heterocycles. The second kappa shape index (κ2) is 8.00. The molecule has 2 heteroatoms. The molecule has 5 aromatic carbocycles. The molecule has 0 unspecified atom stereocenters. The van der Waals surface area contributed by atoms with Gasteiger partial charge in [-0.05, 0) is 59.5 Å². The highest BCUT2D eigenvalue weighted by molar-refractivity contribution is 6.16. The van der Waals surface area contributed by atoms with Crippen molar-refractivity contribution in [2.24, 2.45) is 0 Å². The molecular weight excluding hydrogens is 436 g/mol. The Morgan fingerprint density at radius 1 is 0.611 bits per heavy atom. The van der Waals surface area contributed by atoms with Crippen LogP contribution in [0, 0.1) is 0 Å². The van der Waals surface area contributed by atoms with Crippen molar-refractivity contribution < 1.29 is 0 Å². The van der Waals surface area contributed by atoms with Crippen molar-refractivity contribution in [3.05, 3.63) is 127 Å². The summed E-state index contributed by atoms with van der Waals surface area (Å²) in [7, 11) is 0. The highest BCUT2D eigenvalue weighted by Gasteiger charge is 2.26. The van der Waals surface area contributed by atoms with Crippen LogP contribution in [0.4, 0.5) is 11.4 Å². The Morgan fingerprint density at radius 3 is 2.06 bits per heavy atom. The number of para-hydroxylation sites is 3. The van der Waals surface area contributed by atoms with Crippen LogP contribution in [0.2, 0.25) is 0 Å². The Hall–Kier alpha value is -4.56. The number of anilines is 2. The van der Waals surface area contributed by atoms with Crippen LogP contribution in [-0.4, -0.2) is 4.57 Å². The molecule has 0 fully saturated rings. The monoisotopic (exact) mass is 462 g/mol. The fourth-order valence-corrected chi connectivity index (χ4v) is 5.94. The van der Waals surface area contributed by atoms with Gasteiger partial charge < -0.3 is 9.47 Å². The van der Waals surface area contributed by atoms with E-state index in [1.807, 2.05) is 0 Å². The molecule has 1 aliphatic heterocycles. The van der Waals surface area contributed by atoms with Crippen LogP contribution in [0.15, 0.2) is 122 Å². The number of rotatable bonds is 3. The molecule has 172 valence electrons. The summed E-state index contributed by atoms with van der Waals surface area (Å²) in [4.78, 5) is 2.44. The molecule has 0 amide bonds. The molecule has 0 saturated carbocycles. The molecule has 6 aromatic rings. The Balaban J connectivity index is 1.54. The number of hydrogen-bond donors (Lipinski definition) is 0. The van der Waals surface area contributed by atoms with Crippen molar-refractivity contribution in [1.29, 1.82) is 0 Å². The fourth-order valence-electron chi connectivity index (χ4n) is 5.94. The maximum atomic E-state index is 4.30. The lowest BCUT2D eigenvalue weighted by Gasteiger charge is -2.34. The average molecular weight is 463 g/mol. The van der Waals surface area contributed by atoms with Crippen molar-refractivity contribution in [1.82, 2.24) is 4.57 Å². The summed E-state index contributed by atoms with van der Waals surface area (Å²) < 4.78 is 2.29. The van der Waals surface area contributed by atoms with E-state index >= 15 is 0 Å². The zero-order chi connectivity index (χ0) is 24.2. The van der Waals surface area contributed by atoms with Gasteiger partial charge in [0.2, 0.25) is 0 Å². The van der Waals surface area contributed by atoms with E-state index in [9.17, 15) is 0 Å². The second-order valence-electron chi connectivity index (χ2n) is 9.56. The van der Waals surface area contributed by atoms with E-state index in [2.05, 4.69) is 138 Å². The molecule has 7 rings (SSSR count). The van der Waals surface area contributed by atoms with Crippen LogP contribution in [0.1, 0.15) is 12.5 Å². The Labute approximate surface area is 211 Å². The van der Waals surface area contributed by atoms with Gasteiger partial charge in [-0.15, -0.1) is 0 Å². The summed E-state index contributed by atoms with van der Waals surface area (Å²) in [5.74, 6) is 0. The van der Waals surface area contributed by atoms with Crippen LogP contribution < -0.4 is 4.90 Å². The topological polar surface area (TPSA) is 8.17 Å². The zero-order valence-corrected chi connectivity index (χ0v) is 20.3. The maximum Gasteiger partial charge on any atom is 0.0543 e. The lowest BCUT2D eigenvalue weighted by molar-refractivity contribution is 0.963. The first-order valence-electron chi connectivity index (χ1n) is 12.4. The van der Waals surface area contributed by atoms with Crippen LogP contribution in [0.5, 0.6) is 0 Å². The van der Waals surface area contributed by atoms with E-state index in [1.165, 1.54) is 61.0 Å². The third-order valence-electron chi connectivity index (χ3n) is 7.41. The minimum atomic E-state index is 0.821. The predicted octanol–water partition coefficient (Wildman–Crippen LogP) is 9.27. The Morgan fingerprint density at radius 2 is 1.22 bits per heavy atom. The van der Waals surface area contributed by atoms with Gasteiger partial charge in [0.15, 0.2) is 0 Å². The normalized spacial score (nSPS) is 12.5. The SMILES string of the molecule is C=C(C)n1c2ccccc2c2c(-c3cccc4c3CN(c3ccccc3)c3ccccc3-4)cccc21. The number of allylic oxidation sites excluding steroid dienone is 1. The van der Waals surface area contributed by atoms with Crippen molar-refractivity contribution in [2.45, 2.75) is 13.5 Å². The second-order valence-corrected chi connectivity index (χ2v) is 9.56. The van der Waals surface area contributed by atoms with E-state index < -0.39 is 0 Å². The van der Waals surface area contributed by atoms with Gasteiger partial charge in [0, 0.05) is 40.0 Å². The molecule has 0 N–H and O–H groups in total. The summed E-state index contributed by atoms with van der Waals surface area (Å²) in [6, 6.07) is 41.6. The molecule has 2 heterocycles. The van der Waals surface area contributed by atoms with Gasteiger partial charge in [0.1, 0.15) is 0 Å². The van der Waals surface area contributed by atoms with Gasteiger partial charge in [0.25, 0.3) is 0 Å². The summed E-state index contributed by atoms with van der Waals surface area (Å²) in [6.45, 7) is 7.20. The molecule has 0 bridgehead atoms. The summed E-state index contributed by atoms with van der Waals surface area (Å²) in [5, 5.41) is 2.55. The zero-order valence-electron chi connectivity index (χ0n) is 20.3. The van der Waals surface area contributed by atoms with Crippen LogP contribution >= 0.6 is 0 Å². The minimum Gasteiger partial charge on any atom is -0.336 e. The first-order valence-corrected chi connectivity index (χ1v) is 12.4. The van der Waals surface area contributed by atoms with E-state index in [4.69, 9.17) is 0 Å². The first kappa shape index (κ1) is 20.8. The predicted molar refractivity (Wildman–Crippen MR) is 154 cm³/mol. The van der Waals surface area contributed by atoms with Crippen LogP contribution in [0.25, 0.3) is 49.8 Å². The third kappa shape index (κ3) is 2.98. The number of hydrogen-bond acceptors (Lipinski definition) is 1. The summed E-state index contributed by atoms with van der Waals surface area (Å²) >= 11 is 0. The number of fused-ring (bicyclic) bond motifs is 6. The Bertz CT molecular complexity index is 1790. The van der Waals surface area contributed by atoms with Gasteiger partial charge in [-0.1, -0.05) is 91.5 Å². The van der Waals surface area contributed by atoms with Crippen molar-refractivity contribution in [3.8, 4) is 22.3 Å². The number of nitrogens with zero attached hydrogens (tertiary/aromatic N) is 2. The van der Waals surface area contributed by atoms with E-state index in [1.54, 1.807) is 0 Å². The minimum absolute atomic E-state index is 0.821. The first-order chi connectivity index (χ1) is 17.7. The van der Waals surface area contributed by atoms with Gasteiger partial charge >= 0.3 is 0 Å². The summed E-state index contributed by atoms with van der Waals surface area (Å²) in [5.41, 5.74) is 12.4. The molecule has 0 spiro atoms. The summed E-state index contributed by atoms with van der Waals surface area (Å²) in [6.07, 6.45) is 0. The van der Waals surface area contributed by atoms with E-state index in [-0.39, 0.29) is 0 Å². The van der Waals surface area contributed by atoms with Crippen molar-refractivity contribution in [2.75, 3.05) is 4.90 Å². The van der Waals surface area contributed by atoms with Gasteiger partial charge in [0.05, 0.1) is 11.0 Å². The number of benzene rings is 5. The molecule has 2 nitrogen and oxygen atoms in total. The molecule has 36 heavy (non-hydrogen) atoms. The smallest absolute Gasteiger partial charge is 0.0543 e. The van der Waals surface area contributed by atoms with Crippen molar-refractivity contribution >= 4 is 38.9 Å². The highest BCUT2D eigenvalue weighted by Crippen LogP contribution is 2.47. The van der Waals surface area contributed by atoms with Crippen LogP contribution in [0.3, 0.4) is 0 Å². The lowest BCUT2D eigenvalue weighted by atomic mass is 9.86. The lowest BCUT2D eigenvalue weighted by Crippen LogP contribution is -2.22. The van der Waals surface area contributed by atoms with Crippen LogP contribution in [-0.2, 0) is 6.54 Å². The average Bonchev–Trinajstić information content (AvgIpc) is 3.28. The van der Waals surface area contributed by atoms with Gasteiger partial charge in [-0.2, -0.15) is 0 Å². The highest BCUT2D eigenvalue weighted by atomic mass is 15.1. The van der Waals surface area contributed by atoms with Crippen molar-refractivity contribution in [3.63, 3.8) is 0 Å². The molecule has 0 aliphatic carbocycles.